The molecule has 0 aliphatic rings. The minimum atomic E-state index is -1.36. The summed E-state index contributed by atoms with van der Waals surface area (Å²) in [6.45, 7) is -0.620. The number of ether oxygens (including phenoxy) is 1. The molecule has 0 aliphatic heterocycles. The fraction of sp³-hybridized carbons (Fsp3) is 0.182. The lowest BCUT2D eigenvalue weighted by atomic mass is 10.2. The molecule has 0 bridgehead atoms. The van der Waals surface area contributed by atoms with Crippen LogP contribution in [0.25, 0.3) is 0 Å². The van der Waals surface area contributed by atoms with Crippen molar-refractivity contribution in [1.29, 1.82) is 5.26 Å². The number of hydrogen-bond donors (Lipinski definition) is 2. The highest BCUT2D eigenvalue weighted by molar-refractivity contribution is 5.91. The molecule has 18 heavy (non-hydrogen) atoms. The molecule has 0 atom stereocenters. The first-order chi connectivity index (χ1) is 8.54. The molecular formula is C11H9FN2O4. The van der Waals surface area contributed by atoms with E-state index in [0.717, 1.165) is 18.2 Å². The molecule has 6 nitrogen and oxygen atoms in total. The lowest BCUT2D eigenvalue weighted by molar-refractivity contribution is -0.122. The fourth-order valence-electron chi connectivity index (χ4n) is 1.13. The molecule has 0 radical (unpaired) electrons. The third-order valence-electron chi connectivity index (χ3n) is 1.90. The lowest BCUT2D eigenvalue weighted by Gasteiger charge is -2.08. The molecule has 0 fully saturated rings. The second-order valence-electron chi connectivity index (χ2n) is 3.17. The van der Waals surface area contributed by atoms with Crippen LogP contribution in [0.1, 0.15) is 10.4 Å². The summed E-state index contributed by atoms with van der Waals surface area (Å²) in [4.78, 5) is 21.9. The van der Waals surface area contributed by atoms with Gasteiger partial charge in [0.15, 0.2) is 6.61 Å². The molecule has 1 aromatic rings. The molecule has 2 N–H and O–H groups in total. The Hall–Kier alpha value is -2.62. The summed E-state index contributed by atoms with van der Waals surface area (Å²) in [5, 5.41) is 19.2. The van der Waals surface area contributed by atoms with Crippen LogP contribution in [-0.4, -0.2) is 30.1 Å². The maximum absolute atomic E-state index is 12.8. The predicted octanol–water partition coefficient (Wildman–Crippen LogP) is 0.542. The van der Waals surface area contributed by atoms with Crippen LogP contribution in [-0.2, 0) is 4.79 Å². The maximum atomic E-state index is 12.8. The summed E-state index contributed by atoms with van der Waals surface area (Å²) in [5.74, 6) is -2.76. The Bertz CT molecular complexity index is 510. The third kappa shape index (κ3) is 3.75. The SMILES string of the molecule is N#CCNC(=O)COc1ccc(F)cc1C(=O)O. The zero-order valence-corrected chi connectivity index (χ0v) is 9.14. The highest BCUT2D eigenvalue weighted by atomic mass is 19.1. The largest absolute Gasteiger partial charge is 0.483 e. The summed E-state index contributed by atoms with van der Waals surface area (Å²) >= 11 is 0. The Kier molecular flexibility index (Phi) is 4.63. The fourth-order valence-corrected chi connectivity index (χ4v) is 1.13. The molecule has 0 aromatic heterocycles. The number of rotatable bonds is 5. The molecule has 0 saturated heterocycles. The molecular weight excluding hydrogens is 243 g/mol. The van der Waals surface area contributed by atoms with Gasteiger partial charge in [0.1, 0.15) is 23.7 Å². The zero-order valence-electron chi connectivity index (χ0n) is 9.14. The molecule has 0 heterocycles. The first-order valence-corrected chi connectivity index (χ1v) is 4.84. The molecule has 1 rings (SSSR count). The smallest absolute Gasteiger partial charge is 0.339 e. The Morgan fingerprint density at radius 1 is 1.50 bits per heavy atom. The van der Waals surface area contributed by atoms with Crippen LogP contribution in [0, 0.1) is 17.1 Å². The number of hydrogen-bond acceptors (Lipinski definition) is 4. The van der Waals surface area contributed by atoms with Crippen molar-refractivity contribution in [3.05, 3.63) is 29.6 Å². The van der Waals surface area contributed by atoms with Gasteiger partial charge in [0.2, 0.25) is 0 Å². The molecule has 94 valence electrons. The second kappa shape index (κ2) is 6.20. The molecule has 0 spiro atoms. The van der Waals surface area contributed by atoms with Crippen molar-refractivity contribution in [1.82, 2.24) is 5.32 Å². The number of aromatic carboxylic acids is 1. The number of carboxylic acid groups (broad SMARTS) is 1. The number of halogens is 1. The van der Waals surface area contributed by atoms with Crippen molar-refractivity contribution >= 4 is 11.9 Å². The van der Waals surface area contributed by atoms with Gasteiger partial charge in [-0.3, -0.25) is 4.79 Å². The van der Waals surface area contributed by atoms with E-state index < -0.39 is 24.3 Å². The predicted molar refractivity (Wildman–Crippen MR) is 57.5 cm³/mol. The van der Waals surface area contributed by atoms with E-state index in [-0.39, 0.29) is 17.9 Å². The summed E-state index contributed by atoms with van der Waals surface area (Å²) in [5.41, 5.74) is -0.372. The van der Waals surface area contributed by atoms with Crippen molar-refractivity contribution in [3.8, 4) is 11.8 Å². The molecule has 1 aromatic carbocycles. The van der Waals surface area contributed by atoms with Gasteiger partial charge >= 0.3 is 5.97 Å². The topological polar surface area (TPSA) is 99.4 Å². The van der Waals surface area contributed by atoms with E-state index in [0.29, 0.717) is 0 Å². The minimum Gasteiger partial charge on any atom is -0.483 e. The Morgan fingerprint density at radius 2 is 2.22 bits per heavy atom. The molecule has 7 heteroatoms. The van der Waals surface area contributed by atoms with E-state index in [2.05, 4.69) is 5.32 Å². The molecule has 0 aliphatic carbocycles. The zero-order chi connectivity index (χ0) is 13.5. The van der Waals surface area contributed by atoms with Gasteiger partial charge in [-0.2, -0.15) is 5.26 Å². The van der Waals surface area contributed by atoms with Gasteiger partial charge < -0.3 is 15.2 Å². The van der Waals surface area contributed by atoms with Crippen molar-refractivity contribution in [2.45, 2.75) is 0 Å². The Morgan fingerprint density at radius 3 is 2.83 bits per heavy atom. The van der Waals surface area contributed by atoms with Crippen molar-refractivity contribution < 1.29 is 23.8 Å². The first-order valence-electron chi connectivity index (χ1n) is 4.84. The number of nitrogens with one attached hydrogen (secondary N) is 1. The highest BCUT2D eigenvalue weighted by Crippen LogP contribution is 2.19. The average molecular weight is 252 g/mol. The van der Waals surface area contributed by atoms with E-state index in [1.165, 1.54) is 0 Å². The van der Waals surface area contributed by atoms with Crippen LogP contribution in [0.15, 0.2) is 18.2 Å². The monoisotopic (exact) mass is 252 g/mol. The summed E-state index contributed by atoms with van der Waals surface area (Å²) in [7, 11) is 0. The number of nitriles is 1. The molecule has 1 amide bonds. The van der Waals surface area contributed by atoms with Gasteiger partial charge in [-0.05, 0) is 18.2 Å². The number of carboxylic acids is 1. The van der Waals surface area contributed by atoms with Gasteiger partial charge in [-0.15, -0.1) is 0 Å². The lowest BCUT2D eigenvalue weighted by Crippen LogP contribution is -2.29. The Labute approximate surface area is 102 Å². The maximum Gasteiger partial charge on any atom is 0.339 e. The van der Waals surface area contributed by atoms with Crippen molar-refractivity contribution in [2.75, 3.05) is 13.2 Å². The van der Waals surface area contributed by atoms with Crippen LogP contribution in [0.3, 0.4) is 0 Å². The first kappa shape index (κ1) is 13.4. The van der Waals surface area contributed by atoms with Crippen LogP contribution in [0.2, 0.25) is 0 Å². The molecule has 0 unspecified atom stereocenters. The Balaban J connectivity index is 2.70. The van der Waals surface area contributed by atoms with Gasteiger partial charge in [0.25, 0.3) is 5.91 Å². The minimum absolute atomic E-state index is 0.115. The normalized spacial score (nSPS) is 9.33. The van der Waals surface area contributed by atoms with Crippen LogP contribution >= 0.6 is 0 Å². The number of benzene rings is 1. The average Bonchev–Trinajstić information content (AvgIpc) is 2.34. The highest BCUT2D eigenvalue weighted by Gasteiger charge is 2.13. The number of nitrogens with zero attached hydrogens (tertiary/aromatic N) is 1. The molecule has 0 saturated carbocycles. The quantitative estimate of drug-likeness (QED) is 0.745. The second-order valence-corrected chi connectivity index (χ2v) is 3.17. The van der Waals surface area contributed by atoms with Gasteiger partial charge in [0.05, 0.1) is 6.07 Å². The van der Waals surface area contributed by atoms with Crippen molar-refractivity contribution in [2.24, 2.45) is 0 Å². The summed E-state index contributed by atoms with van der Waals surface area (Å²) in [6, 6.07) is 4.64. The third-order valence-corrected chi connectivity index (χ3v) is 1.90. The van der Waals surface area contributed by atoms with Crippen LogP contribution < -0.4 is 10.1 Å². The van der Waals surface area contributed by atoms with Gasteiger partial charge in [-0.25, -0.2) is 9.18 Å². The van der Waals surface area contributed by atoms with Crippen molar-refractivity contribution in [3.63, 3.8) is 0 Å². The van der Waals surface area contributed by atoms with E-state index in [9.17, 15) is 14.0 Å². The standard InChI is InChI=1S/C11H9FN2O4/c12-7-1-2-9(8(5-7)11(16)17)18-6-10(15)14-4-3-13/h1-2,5H,4,6H2,(H,14,15)(H,16,17). The number of carbonyl (C=O) groups excluding carboxylic acids is 1. The van der Waals surface area contributed by atoms with Gasteiger partial charge in [0, 0.05) is 0 Å². The number of carbonyl (C=O) groups is 2. The summed E-state index contributed by atoms with van der Waals surface area (Å²) in [6.07, 6.45) is 0. The van der Waals surface area contributed by atoms with E-state index >= 15 is 0 Å². The summed E-state index contributed by atoms with van der Waals surface area (Å²) < 4.78 is 17.8. The van der Waals surface area contributed by atoms with E-state index in [1.807, 2.05) is 0 Å². The van der Waals surface area contributed by atoms with Gasteiger partial charge in [-0.1, -0.05) is 0 Å². The van der Waals surface area contributed by atoms with E-state index in [1.54, 1.807) is 6.07 Å². The van der Waals surface area contributed by atoms with Crippen LogP contribution in [0.4, 0.5) is 4.39 Å². The van der Waals surface area contributed by atoms with Crippen LogP contribution in [0.5, 0.6) is 5.75 Å². The van der Waals surface area contributed by atoms with E-state index in [4.69, 9.17) is 15.1 Å². The number of amides is 1.